The number of nitrogens with zero attached hydrogens (tertiary/aromatic N) is 2. The number of carbonyl (C=O) groups is 4. The second kappa shape index (κ2) is 9.54. The van der Waals surface area contributed by atoms with Gasteiger partial charge >= 0.3 is 5.97 Å². The second-order valence-corrected chi connectivity index (χ2v) is 8.33. The van der Waals surface area contributed by atoms with Gasteiger partial charge in [-0.15, -0.1) is 0 Å². The summed E-state index contributed by atoms with van der Waals surface area (Å²) >= 11 is 0. The van der Waals surface area contributed by atoms with E-state index in [2.05, 4.69) is 0 Å². The minimum absolute atomic E-state index is 0.102. The lowest BCUT2D eigenvalue weighted by molar-refractivity contribution is -0.132. The minimum atomic E-state index is -0.913. The van der Waals surface area contributed by atoms with E-state index >= 15 is 0 Å². The third kappa shape index (κ3) is 4.96. The molecule has 3 amide bonds. The molecule has 0 aliphatic carbocycles. The Morgan fingerprint density at radius 2 is 1.79 bits per heavy atom. The molecule has 2 aromatic rings. The second-order valence-electron chi connectivity index (χ2n) is 8.33. The number of imide groups is 1. The summed E-state index contributed by atoms with van der Waals surface area (Å²) in [7, 11) is 0. The fourth-order valence-electron chi connectivity index (χ4n) is 4.18. The molecule has 2 fully saturated rings. The van der Waals surface area contributed by atoms with Crippen molar-refractivity contribution < 1.29 is 28.7 Å². The first-order valence-electron chi connectivity index (χ1n) is 11.0. The van der Waals surface area contributed by atoms with Gasteiger partial charge in [0.2, 0.25) is 5.91 Å². The van der Waals surface area contributed by atoms with Crippen LogP contribution < -0.4 is 9.64 Å². The molecular formula is C25H26N2O6. The molecule has 2 heterocycles. The third-order valence-electron chi connectivity index (χ3n) is 5.84. The van der Waals surface area contributed by atoms with Crippen LogP contribution in [-0.4, -0.2) is 53.9 Å². The Balaban J connectivity index is 1.59. The van der Waals surface area contributed by atoms with Crippen molar-refractivity contribution >= 4 is 29.4 Å². The molecule has 2 atom stereocenters. The molecule has 0 radical (unpaired) electrons. The van der Waals surface area contributed by atoms with Gasteiger partial charge in [0.25, 0.3) is 11.8 Å². The number of rotatable bonds is 6. The number of hydrogen-bond acceptors (Lipinski definition) is 6. The Bertz CT molecular complexity index is 1060. The van der Waals surface area contributed by atoms with Crippen molar-refractivity contribution in [1.82, 2.24) is 4.90 Å². The first-order valence-corrected chi connectivity index (χ1v) is 11.0. The van der Waals surface area contributed by atoms with E-state index in [9.17, 15) is 19.2 Å². The van der Waals surface area contributed by atoms with Gasteiger partial charge in [0.1, 0.15) is 11.8 Å². The molecule has 0 N–H and O–H groups in total. The highest BCUT2D eigenvalue weighted by atomic mass is 16.5. The van der Waals surface area contributed by atoms with E-state index < -0.39 is 17.9 Å². The summed E-state index contributed by atoms with van der Waals surface area (Å²) in [6, 6.07) is 12.4. The summed E-state index contributed by atoms with van der Waals surface area (Å²) < 4.78 is 10.7. The highest BCUT2D eigenvalue weighted by Gasteiger charge is 2.45. The van der Waals surface area contributed by atoms with Gasteiger partial charge in [-0.1, -0.05) is 17.7 Å². The number of ether oxygens (including phenoxy) is 2. The minimum Gasteiger partial charge on any atom is -0.427 e. The molecule has 2 aliphatic heterocycles. The van der Waals surface area contributed by atoms with Crippen molar-refractivity contribution in [3.63, 3.8) is 0 Å². The fraction of sp³-hybridized carbons (Fsp3) is 0.360. The molecule has 0 aromatic heterocycles. The van der Waals surface area contributed by atoms with Crippen molar-refractivity contribution in [2.24, 2.45) is 0 Å². The van der Waals surface area contributed by atoms with Crippen molar-refractivity contribution in [3.8, 4) is 5.75 Å². The zero-order valence-corrected chi connectivity index (χ0v) is 18.7. The number of benzene rings is 2. The van der Waals surface area contributed by atoms with Crippen LogP contribution in [0.25, 0.3) is 0 Å². The van der Waals surface area contributed by atoms with Crippen molar-refractivity contribution in [1.29, 1.82) is 0 Å². The van der Waals surface area contributed by atoms with Crippen LogP contribution in [0.2, 0.25) is 0 Å². The summed E-state index contributed by atoms with van der Waals surface area (Å²) in [6.45, 7) is 4.09. The van der Waals surface area contributed by atoms with E-state index in [1.54, 1.807) is 24.3 Å². The summed E-state index contributed by atoms with van der Waals surface area (Å²) in [5.41, 5.74) is 1.85. The smallest absolute Gasteiger partial charge is 0.308 e. The number of aryl methyl sites for hydroxylation is 1. The summed E-state index contributed by atoms with van der Waals surface area (Å²) in [5, 5.41) is 0. The van der Waals surface area contributed by atoms with Crippen molar-refractivity contribution in [2.75, 3.05) is 18.1 Å². The molecule has 8 nitrogen and oxygen atoms in total. The quantitative estimate of drug-likeness (QED) is 0.382. The lowest BCUT2D eigenvalue weighted by atomic mass is 10.1. The summed E-state index contributed by atoms with van der Waals surface area (Å²) in [6.07, 6.45) is 1.43. The monoisotopic (exact) mass is 450 g/mol. The molecule has 0 saturated carbocycles. The molecule has 0 bridgehead atoms. The Kier molecular flexibility index (Phi) is 6.55. The number of anilines is 1. The molecule has 33 heavy (non-hydrogen) atoms. The largest absolute Gasteiger partial charge is 0.427 e. The first kappa shape index (κ1) is 22.7. The number of carbonyl (C=O) groups excluding carboxylic acids is 4. The Morgan fingerprint density at radius 3 is 2.39 bits per heavy atom. The summed E-state index contributed by atoms with van der Waals surface area (Å²) in [5.74, 6) is -1.30. The van der Waals surface area contributed by atoms with Gasteiger partial charge < -0.3 is 14.4 Å². The Hall–Kier alpha value is -3.52. The highest BCUT2D eigenvalue weighted by molar-refractivity contribution is 6.23. The van der Waals surface area contributed by atoms with E-state index in [4.69, 9.17) is 9.47 Å². The van der Waals surface area contributed by atoms with Crippen LogP contribution in [0.4, 0.5) is 5.69 Å². The van der Waals surface area contributed by atoms with Gasteiger partial charge in [0.15, 0.2) is 0 Å². The predicted octanol–water partition coefficient (Wildman–Crippen LogP) is 2.87. The van der Waals surface area contributed by atoms with Crippen LogP contribution in [0.5, 0.6) is 5.75 Å². The maximum atomic E-state index is 13.4. The average molecular weight is 450 g/mol. The van der Waals surface area contributed by atoms with Crippen molar-refractivity contribution in [2.45, 2.75) is 45.3 Å². The lowest BCUT2D eigenvalue weighted by Gasteiger charge is -2.30. The number of esters is 1. The summed E-state index contributed by atoms with van der Waals surface area (Å²) in [4.78, 5) is 53.3. The molecule has 2 unspecified atom stereocenters. The molecule has 2 aromatic carbocycles. The van der Waals surface area contributed by atoms with Gasteiger partial charge in [-0.2, -0.15) is 0 Å². The maximum absolute atomic E-state index is 13.4. The van der Waals surface area contributed by atoms with Gasteiger partial charge in [0.05, 0.1) is 18.2 Å². The van der Waals surface area contributed by atoms with E-state index in [1.807, 2.05) is 19.1 Å². The molecular weight excluding hydrogens is 424 g/mol. The van der Waals surface area contributed by atoms with Crippen molar-refractivity contribution in [3.05, 3.63) is 59.7 Å². The maximum Gasteiger partial charge on any atom is 0.308 e. The molecule has 2 aliphatic rings. The van der Waals surface area contributed by atoms with E-state index in [0.29, 0.717) is 23.6 Å². The average Bonchev–Trinajstić information content (AvgIpc) is 3.40. The normalized spacial score (nSPS) is 20.2. The van der Waals surface area contributed by atoms with E-state index in [1.165, 1.54) is 24.0 Å². The molecule has 2 saturated heterocycles. The Morgan fingerprint density at radius 1 is 1.09 bits per heavy atom. The number of hydrogen-bond donors (Lipinski definition) is 0. The van der Waals surface area contributed by atoms with E-state index in [-0.39, 0.29) is 30.9 Å². The van der Waals surface area contributed by atoms with Crippen LogP contribution >= 0.6 is 0 Å². The zero-order chi connectivity index (χ0) is 23.5. The first-order chi connectivity index (χ1) is 15.8. The molecule has 8 heteroatoms. The zero-order valence-electron chi connectivity index (χ0n) is 18.7. The molecule has 172 valence electrons. The third-order valence-corrected chi connectivity index (χ3v) is 5.84. The number of amides is 3. The van der Waals surface area contributed by atoms with Crippen LogP contribution in [-0.2, 0) is 19.1 Å². The van der Waals surface area contributed by atoms with Gasteiger partial charge in [-0.3, -0.25) is 19.2 Å². The van der Waals surface area contributed by atoms with E-state index in [0.717, 1.165) is 23.3 Å². The fourth-order valence-corrected chi connectivity index (χ4v) is 4.18. The topological polar surface area (TPSA) is 93.2 Å². The lowest BCUT2D eigenvalue weighted by Crippen LogP contribution is -2.48. The molecule has 0 spiro atoms. The van der Waals surface area contributed by atoms with Crippen LogP contribution in [0, 0.1) is 6.92 Å². The van der Waals surface area contributed by atoms with Gasteiger partial charge in [-0.05, 0) is 56.2 Å². The molecule has 4 rings (SSSR count). The SMILES string of the molecule is CC(=O)Oc1ccc(N2C(=O)CC(N(CC3CCCO3)C(=O)c3ccc(C)cc3)C2=O)cc1. The highest BCUT2D eigenvalue weighted by Crippen LogP contribution is 2.29. The van der Waals surface area contributed by atoms with Crippen LogP contribution in [0.15, 0.2) is 48.5 Å². The standard InChI is InChI=1S/C25H26N2O6/c1-16-5-7-18(8-6-16)24(30)26(15-21-4-3-13-32-21)22-14-23(29)27(25(22)31)19-9-11-20(12-10-19)33-17(2)28/h5-12,21-22H,3-4,13-15H2,1-2H3. The van der Waals surface area contributed by atoms with Crippen LogP contribution in [0.3, 0.4) is 0 Å². The van der Waals surface area contributed by atoms with Gasteiger partial charge in [-0.25, -0.2) is 4.90 Å². The Labute approximate surface area is 192 Å². The predicted molar refractivity (Wildman–Crippen MR) is 120 cm³/mol. The van der Waals surface area contributed by atoms with Crippen LogP contribution in [0.1, 0.15) is 42.1 Å². The van der Waals surface area contributed by atoms with Gasteiger partial charge in [0, 0.05) is 25.6 Å².